The summed E-state index contributed by atoms with van der Waals surface area (Å²) in [5, 5.41) is 0. The molecule has 1 aliphatic rings. The van der Waals surface area contributed by atoms with Crippen molar-refractivity contribution in [3.05, 3.63) is 46.8 Å². The van der Waals surface area contributed by atoms with Gasteiger partial charge >= 0.3 is 5.97 Å². The highest BCUT2D eigenvalue weighted by atomic mass is 32.2. The number of aryl methyl sites for hydroxylation is 1. The third-order valence-corrected chi connectivity index (χ3v) is 6.06. The minimum atomic E-state index is -3.52. The van der Waals surface area contributed by atoms with Crippen molar-refractivity contribution in [2.24, 2.45) is 0 Å². The van der Waals surface area contributed by atoms with E-state index in [1.807, 2.05) is 0 Å². The lowest BCUT2D eigenvalue weighted by Gasteiger charge is -2.10. The molecule has 0 bridgehead atoms. The van der Waals surface area contributed by atoms with E-state index in [-0.39, 0.29) is 23.2 Å². The lowest BCUT2D eigenvalue weighted by Crippen LogP contribution is -2.30. The molecule has 1 aromatic heterocycles. The molecule has 0 atom stereocenters. The third kappa shape index (κ3) is 4.77. The molecule has 1 fully saturated rings. The number of rotatable bonds is 8. The number of sulfonamides is 1. The van der Waals surface area contributed by atoms with E-state index in [0.717, 1.165) is 12.8 Å². The Morgan fingerprint density at radius 3 is 2.41 bits per heavy atom. The highest BCUT2D eigenvalue weighted by Crippen LogP contribution is 2.23. The van der Waals surface area contributed by atoms with Gasteiger partial charge in [0.2, 0.25) is 10.0 Å². The number of esters is 1. The molecule has 0 radical (unpaired) electrons. The monoisotopic (exact) mass is 420 g/mol. The Hall–Kier alpha value is -2.85. The Labute approximate surface area is 169 Å². The van der Waals surface area contributed by atoms with Crippen LogP contribution in [0, 0.1) is 13.8 Å². The van der Waals surface area contributed by atoms with Crippen molar-refractivity contribution < 1.29 is 22.7 Å². The van der Waals surface area contributed by atoms with Gasteiger partial charge in [-0.05, 0) is 63.4 Å². The van der Waals surface area contributed by atoms with Crippen molar-refractivity contribution in [2.75, 3.05) is 12.0 Å². The van der Waals surface area contributed by atoms with Gasteiger partial charge in [-0.3, -0.25) is 15.6 Å². The van der Waals surface area contributed by atoms with E-state index in [1.165, 1.54) is 12.1 Å². The molecule has 4 N–H and O–H groups in total. The summed E-state index contributed by atoms with van der Waals surface area (Å²) in [6.45, 7) is 5.31. The second-order valence-corrected chi connectivity index (χ2v) is 8.56. The number of aromatic nitrogens is 1. The van der Waals surface area contributed by atoms with Crippen LogP contribution in [0.4, 0.5) is 5.69 Å². The number of nitrogens with one attached hydrogen (secondary N) is 4. The molecule has 1 saturated carbocycles. The Morgan fingerprint density at radius 2 is 1.83 bits per heavy atom. The number of carbonyl (C=O) groups excluding carboxylic acids is 2. The fraction of sp³-hybridized carbons (Fsp3) is 0.368. The number of ether oxygens (including phenoxy) is 1. The van der Waals surface area contributed by atoms with E-state index in [4.69, 9.17) is 4.74 Å². The number of anilines is 1. The zero-order valence-corrected chi connectivity index (χ0v) is 17.3. The Balaban J connectivity index is 1.65. The standard InChI is InChI=1S/C19H24N4O5S/c1-4-28-19(25)16-11(2)17(20-12(16)3)18(24)22-21-13-7-9-15(10-8-13)29(26,27)23-14-5-6-14/h7-10,14,20-21,23H,4-6H2,1-3H3,(H,22,24). The molecule has 0 aliphatic heterocycles. The number of hydrogen-bond donors (Lipinski definition) is 4. The molecule has 156 valence electrons. The molecule has 0 unspecified atom stereocenters. The smallest absolute Gasteiger partial charge is 0.340 e. The predicted octanol–water partition coefficient (Wildman–Crippen LogP) is 2.01. The van der Waals surface area contributed by atoms with E-state index in [2.05, 4.69) is 20.6 Å². The van der Waals surface area contributed by atoms with Gasteiger partial charge in [-0.2, -0.15) is 0 Å². The first-order valence-corrected chi connectivity index (χ1v) is 10.8. The van der Waals surface area contributed by atoms with Crippen molar-refractivity contribution >= 4 is 27.6 Å². The first-order chi connectivity index (χ1) is 13.7. The number of hydrogen-bond acceptors (Lipinski definition) is 6. The van der Waals surface area contributed by atoms with E-state index >= 15 is 0 Å². The summed E-state index contributed by atoms with van der Waals surface area (Å²) >= 11 is 0. The number of H-pyrrole nitrogens is 1. The van der Waals surface area contributed by atoms with Crippen LogP contribution < -0.4 is 15.6 Å². The molecule has 2 aromatic rings. The summed E-state index contributed by atoms with van der Waals surface area (Å²) < 4.78 is 32.0. The van der Waals surface area contributed by atoms with Crippen LogP contribution in [0.3, 0.4) is 0 Å². The van der Waals surface area contributed by atoms with Gasteiger partial charge in [-0.1, -0.05) is 0 Å². The summed E-state index contributed by atoms with van der Waals surface area (Å²) in [7, 11) is -3.52. The zero-order valence-electron chi connectivity index (χ0n) is 16.5. The number of carbonyl (C=O) groups is 2. The molecule has 1 aliphatic carbocycles. The largest absolute Gasteiger partial charge is 0.462 e. The van der Waals surface area contributed by atoms with Gasteiger partial charge in [0.15, 0.2) is 0 Å². The van der Waals surface area contributed by atoms with Gasteiger partial charge in [0, 0.05) is 11.7 Å². The van der Waals surface area contributed by atoms with Gasteiger partial charge in [0.1, 0.15) is 5.69 Å². The van der Waals surface area contributed by atoms with Gasteiger partial charge in [-0.15, -0.1) is 0 Å². The molecular weight excluding hydrogens is 396 g/mol. The van der Waals surface area contributed by atoms with Gasteiger partial charge in [0.05, 0.1) is 22.8 Å². The van der Waals surface area contributed by atoms with Crippen LogP contribution in [-0.2, 0) is 14.8 Å². The Bertz CT molecular complexity index is 1020. The summed E-state index contributed by atoms with van der Waals surface area (Å²) in [6, 6.07) is 6.06. The summed E-state index contributed by atoms with van der Waals surface area (Å²) in [5.74, 6) is -0.949. The number of amides is 1. The van der Waals surface area contributed by atoms with Crippen molar-refractivity contribution in [3.8, 4) is 0 Å². The second-order valence-electron chi connectivity index (χ2n) is 6.84. The molecule has 9 nitrogen and oxygen atoms in total. The molecule has 3 rings (SSSR count). The molecule has 1 amide bonds. The highest BCUT2D eigenvalue weighted by molar-refractivity contribution is 7.89. The van der Waals surface area contributed by atoms with Crippen LogP contribution in [0.15, 0.2) is 29.2 Å². The maximum Gasteiger partial charge on any atom is 0.340 e. The van der Waals surface area contributed by atoms with Crippen molar-refractivity contribution in [1.29, 1.82) is 0 Å². The SMILES string of the molecule is CCOC(=O)c1c(C)[nH]c(C(=O)NNc2ccc(S(=O)(=O)NC3CC3)cc2)c1C. The van der Waals surface area contributed by atoms with E-state index in [9.17, 15) is 18.0 Å². The minimum absolute atomic E-state index is 0.0316. The molecule has 10 heteroatoms. The van der Waals surface area contributed by atoms with Crippen LogP contribution in [0.5, 0.6) is 0 Å². The fourth-order valence-corrected chi connectivity index (χ4v) is 4.19. The fourth-order valence-electron chi connectivity index (χ4n) is 2.88. The first-order valence-electron chi connectivity index (χ1n) is 9.28. The number of benzene rings is 1. The van der Waals surface area contributed by atoms with Crippen LogP contribution >= 0.6 is 0 Å². The molecule has 0 saturated heterocycles. The van der Waals surface area contributed by atoms with Gasteiger partial charge in [0.25, 0.3) is 5.91 Å². The number of aromatic amines is 1. The van der Waals surface area contributed by atoms with Crippen molar-refractivity contribution in [3.63, 3.8) is 0 Å². The van der Waals surface area contributed by atoms with Crippen LogP contribution in [0.25, 0.3) is 0 Å². The topological polar surface area (TPSA) is 129 Å². The maximum absolute atomic E-state index is 12.5. The highest BCUT2D eigenvalue weighted by Gasteiger charge is 2.28. The lowest BCUT2D eigenvalue weighted by atomic mass is 10.1. The Morgan fingerprint density at radius 1 is 1.17 bits per heavy atom. The summed E-state index contributed by atoms with van der Waals surface area (Å²) in [5.41, 5.74) is 7.40. The zero-order chi connectivity index (χ0) is 21.2. The lowest BCUT2D eigenvalue weighted by molar-refractivity contribution is 0.0525. The van der Waals surface area contributed by atoms with E-state index in [1.54, 1.807) is 32.9 Å². The van der Waals surface area contributed by atoms with Crippen LogP contribution in [0.2, 0.25) is 0 Å². The summed E-state index contributed by atoms with van der Waals surface area (Å²) in [4.78, 5) is 27.6. The third-order valence-electron chi connectivity index (χ3n) is 4.53. The van der Waals surface area contributed by atoms with Gasteiger partial charge in [-0.25, -0.2) is 17.9 Å². The van der Waals surface area contributed by atoms with E-state index < -0.39 is 21.9 Å². The maximum atomic E-state index is 12.5. The second kappa shape index (κ2) is 8.26. The normalized spacial score (nSPS) is 13.8. The van der Waals surface area contributed by atoms with Crippen LogP contribution in [0.1, 0.15) is 51.9 Å². The van der Waals surface area contributed by atoms with Crippen molar-refractivity contribution in [1.82, 2.24) is 15.1 Å². The molecule has 0 spiro atoms. The van der Waals surface area contributed by atoms with E-state index in [0.29, 0.717) is 22.5 Å². The predicted molar refractivity (Wildman–Crippen MR) is 107 cm³/mol. The van der Waals surface area contributed by atoms with Crippen molar-refractivity contribution in [2.45, 2.75) is 44.6 Å². The number of hydrazine groups is 1. The molecule has 1 aromatic carbocycles. The average molecular weight is 420 g/mol. The average Bonchev–Trinajstić information content (AvgIpc) is 3.42. The molecule has 29 heavy (non-hydrogen) atoms. The first kappa shape index (κ1) is 20.9. The summed E-state index contributed by atoms with van der Waals surface area (Å²) in [6.07, 6.45) is 1.72. The molecular formula is C19H24N4O5S. The minimum Gasteiger partial charge on any atom is -0.462 e. The quantitative estimate of drug-likeness (QED) is 0.382. The Kier molecular flexibility index (Phi) is 5.94. The van der Waals surface area contributed by atoms with Gasteiger partial charge < -0.3 is 9.72 Å². The molecule has 1 heterocycles. The van der Waals surface area contributed by atoms with Crippen LogP contribution in [-0.4, -0.2) is 37.9 Å².